The van der Waals surface area contributed by atoms with Crippen LogP contribution in [0.3, 0.4) is 0 Å². The van der Waals surface area contributed by atoms with Gasteiger partial charge in [0, 0.05) is 28.7 Å². The molecule has 0 saturated heterocycles. The molecule has 1 aromatic heterocycles. The molecule has 1 aromatic rings. The van der Waals surface area contributed by atoms with Gasteiger partial charge in [-0.05, 0) is 39.2 Å². The molecule has 0 aromatic carbocycles. The van der Waals surface area contributed by atoms with Crippen molar-refractivity contribution in [3.8, 4) is 0 Å². The predicted octanol–water partition coefficient (Wildman–Crippen LogP) is 3.64. The summed E-state index contributed by atoms with van der Waals surface area (Å²) in [6.45, 7) is 0. The molecule has 1 saturated carbocycles. The number of aromatic nitrogens is 2. The van der Waals surface area contributed by atoms with E-state index in [4.69, 9.17) is 4.98 Å². The van der Waals surface area contributed by atoms with Gasteiger partial charge in [0.15, 0.2) is 0 Å². The second-order valence-corrected chi connectivity index (χ2v) is 7.28. The van der Waals surface area contributed by atoms with Crippen molar-refractivity contribution >= 4 is 11.8 Å². The molecular formula is C16H25N3S. The van der Waals surface area contributed by atoms with E-state index in [1.807, 2.05) is 7.05 Å². The van der Waals surface area contributed by atoms with Gasteiger partial charge in [0.1, 0.15) is 5.82 Å². The predicted molar refractivity (Wildman–Crippen MR) is 84.9 cm³/mol. The van der Waals surface area contributed by atoms with Crippen LogP contribution in [0.4, 0.5) is 0 Å². The van der Waals surface area contributed by atoms with E-state index < -0.39 is 0 Å². The Morgan fingerprint density at radius 2 is 2.05 bits per heavy atom. The van der Waals surface area contributed by atoms with Gasteiger partial charge >= 0.3 is 0 Å². The highest BCUT2D eigenvalue weighted by Gasteiger charge is 2.21. The third kappa shape index (κ3) is 3.34. The molecule has 3 nitrogen and oxygen atoms in total. The Hall–Kier alpha value is -0.610. The molecule has 0 amide bonds. The first kappa shape index (κ1) is 14.3. The maximum atomic E-state index is 4.82. The molecule has 1 atom stereocenters. The normalized spacial score (nSPS) is 23.6. The minimum Gasteiger partial charge on any atom is -0.313 e. The van der Waals surface area contributed by atoms with Crippen LogP contribution in [0.2, 0.25) is 0 Å². The summed E-state index contributed by atoms with van der Waals surface area (Å²) in [5.74, 6) is 2.03. The van der Waals surface area contributed by atoms with Crippen molar-refractivity contribution in [2.24, 2.45) is 0 Å². The molecule has 110 valence electrons. The van der Waals surface area contributed by atoms with Crippen LogP contribution in [0.15, 0.2) is 6.20 Å². The summed E-state index contributed by atoms with van der Waals surface area (Å²) >= 11 is 2.07. The number of nitrogens with zero attached hydrogens (tertiary/aromatic N) is 2. The van der Waals surface area contributed by atoms with Gasteiger partial charge in [-0.3, -0.25) is 0 Å². The van der Waals surface area contributed by atoms with E-state index in [0.717, 1.165) is 23.2 Å². The Balaban J connectivity index is 1.63. The summed E-state index contributed by atoms with van der Waals surface area (Å²) in [5.41, 5.74) is 2.61. The Bertz CT molecular complexity index is 443. The minimum atomic E-state index is 0.457. The maximum absolute atomic E-state index is 4.82. The average molecular weight is 291 g/mol. The monoisotopic (exact) mass is 291 g/mol. The Morgan fingerprint density at radius 1 is 1.20 bits per heavy atom. The quantitative estimate of drug-likeness (QED) is 0.919. The summed E-state index contributed by atoms with van der Waals surface area (Å²) in [5, 5.41) is 4.22. The van der Waals surface area contributed by atoms with Crippen LogP contribution in [0.5, 0.6) is 0 Å². The zero-order valence-electron chi connectivity index (χ0n) is 12.4. The van der Waals surface area contributed by atoms with E-state index in [1.165, 1.54) is 56.2 Å². The van der Waals surface area contributed by atoms with Crippen molar-refractivity contribution in [2.45, 2.75) is 68.4 Å². The van der Waals surface area contributed by atoms with Crippen LogP contribution in [-0.2, 0) is 12.2 Å². The fourth-order valence-electron chi connectivity index (χ4n) is 3.38. The van der Waals surface area contributed by atoms with Crippen molar-refractivity contribution in [1.82, 2.24) is 15.3 Å². The van der Waals surface area contributed by atoms with E-state index in [0.29, 0.717) is 6.04 Å². The lowest BCUT2D eigenvalue weighted by Gasteiger charge is -2.24. The largest absolute Gasteiger partial charge is 0.313 e. The van der Waals surface area contributed by atoms with Gasteiger partial charge in [-0.1, -0.05) is 19.3 Å². The third-order valence-electron chi connectivity index (χ3n) is 4.58. The number of fused-ring (bicyclic) bond motifs is 1. The third-order valence-corrected chi connectivity index (χ3v) is 5.95. The average Bonchev–Trinajstić information content (AvgIpc) is 2.53. The first-order valence-electron chi connectivity index (χ1n) is 8.00. The fraction of sp³-hybridized carbons (Fsp3) is 0.750. The molecule has 4 heteroatoms. The van der Waals surface area contributed by atoms with Gasteiger partial charge in [0.2, 0.25) is 0 Å². The summed E-state index contributed by atoms with van der Waals surface area (Å²) < 4.78 is 0. The SMILES string of the molecule is CNC1CCCc2nc(CSC3CCCCC3)ncc21. The van der Waals surface area contributed by atoms with Gasteiger partial charge < -0.3 is 5.32 Å². The summed E-state index contributed by atoms with van der Waals surface area (Å²) in [4.78, 5) is 9.43. The van der Waals surface area contributed by atoms with E-state index in [1.54, 1.807) is 0 Å². The minimum absolute atomic E-state index is 0.457. The Labute approximate surface area is 126 Å². The first-order valence-corrected chi connectivity index (χ1v) is 9.05. The molecule has 0 radical (unpaired) electrons. The lowest BCUT2D eigenvalue weighted by molar-refractivity contribution is 0.486. The Morgan fingerprint density at radius 3 is 2.85 bits per heavy atom. The smallest absolute Gasteiger partial charge is 0.138 e. The molecule has 2 aliphatic carbocycles. The van der Waals surface area contributed by atoms with Crippen molar-refractivity contribution in [3.05, 3.63) is 23.3 Å². The molecule has 1 heterocycles. The van der Waals surface area contributed by atoms with Crippen molar-refractivity contribution in [2.75, 3.05) is 7.05 Å². The second kappa shape index (κ2) is 6.90. The van der Waals surface area contributed by atoms with E-state index in [-0.39, 0.29) is 0 Å². The summed E-state index contributed by atoms with van der Waals surface area (Å²) in [7, 11) is 2.03. The van der Waals surface area contributed by atoms with Gasteiger partial charge in [-0.2, -0.15) is 11.8 Å². The number of rotatable bonds is 4. The molecule has 2 aliphatic rings. The molecule has 20 heavy (non-hydrogen) atoms. The highest BCUT2D eigenvalue weighted by Crippen LogP contribution is 2.31. The highest BCUT2D eigenvalue weighted by atomic mass is 32.2. The topological polar surface area (TPSA) is 37.8 Å². The molecule has 1 fully saturated rings. The zero-order valence-corrected chi connectivity index (χ0v) is 13.2. The fourth-order valence-corrected chi connectivity index (χ4v) is 4.57. The molecule has 0 spiro atoms. The number of hydrogen-bond acceptors (Lipinski definition) is 4. The van der Waals surface area contributed by atoms with Crippen LogP contribution >= 0.6 is 11.8 Å². The number of thioether (sulfide) groups is 1. The standard InChI is InChI=1S/C16H25N3S/c1-17-14-8-5-9-15-13(14)10-18-16(19-15)11-20-12-6-3-2-4-7-12/h10,12,14,17H,2-9,11H2,1H3. The van der Waals surface area contributed by atoms with E-state index in [2.05, 4.69) is 28.3 Å². The summed E-state index contributed by atoms with van der Waals surface area (Å²) in [6.07, 6.45) is 12.7. The molecule has 1 N–H and O–H groups in total. The molecule has 3 rings (SSSR count). The van der Waals surface area contributed by atoms with E-state index in [9.17, 15) is 0 Å². The lowest BCUT2D eigenvalue weighted by Crippen LogP contribution is -2.23. The number of nitrogens with one attached hydrogen (secondary N) is 1. The molecule has 0 bridgehead atoms. The number of aryl methyl sites for hydroxylation is 1. The number of hydrogen-bond donors (Lipinski definition) is 1. The zero-order chi connectivity index (χ0) is 13.8. The van der Waals surface area contributed by atoms with Crippen LogP contribution in [0, 0.1) is 0 Å². The second-order valence-electron chi connectivity index (χ2n) is 5.99. The van der Waals surface area contributed by atoms with Gasteiger partial charge in [0.05, 0.1) is 5.75 Å². The van der Waals surface area contributed by atoms with Gasteiger partial charge in [0.25, 0.3) is 0 Å². The van der Waals surface area contributed by atoms with E-state index >= 15 is 0 Å². The Kier molecular flexibility index (Phi) is 4.94. The van der Waals surface area contributed by atoms with Crippen LogP contribution in [-0.4, -0.2) is 22.3 Å². The van der Waals surface area contributed by atoms with Crippen LogP contribution in [0.1, 0.15) is 68.1 Å². The van der Waals surface area contributed by atoms with Crippen LogP contribution in [0.25, 0.3) is 0 Å². The van der Waals surface area contributed by atoms with Gasteiger partial charge in [-0.25, -0.2) is 9.97 Å². The lowest BCUT2D eigenvalue weighted by atomic mass is 9.92. The van der Waals surface area contributed by atoms with Gasteiger partial charge in [-0.15, -0.1) is 0 Å². The maximum Gasteiger partial charge on any atom is 0.138 e. The van der Waals surface area contributed by atoms with Crippen molar-refractivity contribution < 1.29 is 0 Å². The summed E-state index contributed by atoms with van der Waals surface area (Å²) in [6, 6.07) is 0.457. The first-order chi connectivity index (χ1) is 9.86. The van der Waals surface area contributed by atoms with Crippen LogP contribution < -0.4 is 5.32 Å². The molecule has 1 unspecified atom stereocenters. The highest BCUT2D eigenvalue weighted by molar-refractivity contribution is 7.99. The molecule has 0 aliphatic heterocycles. The van der Waals surface area contributed by atoms with Crippen molar-refractivity contribution in [3.63, 3.8) is 0 Å². The van der Waals surface area contributed by atoms with Crippen molar-refractivity contribution in [1.29, 1.82) is 0 Å². The molecular weight excluding hydrogens is 266 g/mol.